The number of carbonyl (C=O) groups excluding carboxylic acids is 2. The van der Waals surface area contributed by atoms with Gasteiger partial charge in [0.25, 0.3) is 0 Å². The molecule has 0 fully saturated rings. The highest BCUT2D eigenvalue weighted by Gasteiger charge is 2.30. The molecular weight excluding hydrogens is 474 g/mol. The molecule has 0 heterocycles. The maximum atomic E-state index is 13.6. The Morgan fingerprint density at radius 3 is 2.15 bits per heavy atom. The molecule has 3 rings (SSSR count). The van der Waals surface area contributed by atoms with E-state index in [0.717, 1.165) is 11.1 Å². The lowest BCUT2D eigenvalue weighted by atomic mass is 10.0. The van der Waals surface area contributed by atoms with E-state index in [2.05, 4.69) is 5.32 Å². The highest BCUT2D eigenvalue weighted by Crippen LogP contribution is 2.24. The average molecular weight is 501 g/mol. The lowest BCUT2D eigenvalue weighted by Gasteiger charge is -2.32. The third-order valence-electron chi connectivity index (χ3n) is 5.31. The summed E-state index contributed by atoms with van der Waals surface area (Å²) in [7, 11) is 0. The van der Waals surface area contributed by atoms with Crippen LogP contribution in [-0.2, 0) is 29.0 Å². The fourth-order valence-corrected chi connectivity index (χ4v) is 3.97. The van der Waals surface area contributed by atoms with Gasteiger partial charge in [-0.1, -0.05) is 71.7 Å². The summed E-state index contributed by atoms with van der Waals surface area (Å²) < 4.78 is 13.4. The van der Waals surface area contributed by atoms with E-state index in [-0.39, 0.29) is 36.6 Å². The van der Waals surface area contributed by atoms with Crippen LogP contribution < -0.4 is 5.32 Å². The van der Waals surface area contributed by atoms with E-state index < -0.39 is 6.04 Å². The van der Waals surface area contributed by atoms with Crippen LogP contribution in [-0.4, -0.2) is 28.8 Å². The zero-order valence-electron chi connectivity index (χ0n) is 19.1. The van der Waals surface area contributed by atoms with Crippen LogP contribution in [0, 0.1) is 5.82 Å². The first-order valence-corrected chi connectivity index (χ1v) is 11.8. The second-order valence-corrected chi connectivity index (χ2v) is 9.26. The molecule has 1 N–H and O–H groups in total. The monoisotopic (exact) mass is 500 g/mol. The van der Waals surface area contributed by atoms with Gasteiger partial charge in [-0.15, -0.1) is 0 Å². The van der Waals surface area contributed by atoms with E-state index in [1.165, 1.54) is 12.1 Å². The van der Waals surface area contributed by atoms with Crippen LogP contribution in [0.4, 0.5) is 4.39 Å². The second-order valence-electron chi connectivity index (χ2n) is 8.44. The topological polar surface area (TPSA) is 49.4 Å². The van der Waals surface area contributed by atoms with Crippen molar-refractivity contribution >= 4 is 35.0 Å². The van der Waals surface area contributed by atoms with Gasteiger partial charge >= 0.3 is 0 Å². The Kier molecular flexibility index (Phi) is 9.08. The zero-order valence-corrected chi connectivity index (χ0v) is 20.6. The lowest BCUT2D eigenvalue weighted by molar-refractivity contribution is -0.141. The third kappa shape index (κ3) is 7.31. The molecule has 7 heteroatoms. The summed E-state index contributed by atoms with van der Waals surface area (Å²) in [5.74, 6) is -0.869. The van der Waals surface area contributed by atoms with Gasteiger partial charge < -0.3 is 10.2 Å². The van der Waals surface area contributed by atoms with Crippen molar-refractivity contribution in [3.8, 4) is 0 Å². The van der Waals surface area contributed by atoms with Crippen molar-refractivity contribution in [2.45, 2.75) is 45.3 Å². The molecule has 0 spiro atoms. The van der Waals surface area contributed by atoms with Gasteiger partial charge in [-0.05, 0) is 54.8 Å². The molecule has 3 aromatic rings. The molecular formula is C27H27Cl2FN2O2. The summed E-state index contributed by atoms with van der Waals surface area (Å²) in [5.41, 5.74) is 2.34. The van der Waals surface area contributed by atoms with Crippen molar-refractivity contribution in [2.24, 2.45) is 0 Å². The molecule has 0 saturated heterocycles. The number of hydrogen-bond acceptors (Lipinski definition) is 2. The summed E-state index contributed by atoms with van der Waals surface area (Å²) in [5, 5.41) is 3.73. The maximum Gasteiger partial charge on any atom is 0.243 e. The molecule has 2 amide bonds. The van der Waals surface area contributed by atoms with Gasteiger partial charge in [-0.3, -0.25) is 9.59 Å². The van der Waals surface area contributed by atoms with Crippen molar-refractivity contribution in [2.75, 3.05) is 0 Å². The minimum atomic E-state index is -0.757. The quantitative estimate of drug-likeness (QED) is 0.401. The van der Waals surface area contributed by atoms with Gasteiger partial charge in [0.1, 0.15) is 11.9 Å². The fourth-order valence-electron chi connectivity index (χ4n) is 3.65. The molecule has 4 nitrogen and oxygen atoms in total. The summed E-state index contributed by atoms with van der Waals surface area (Å²) in [6, 6.07) is 19.6. The smallest absolute Gasteiger partial charge is 0.243 e. The van der Waals surface area contributed by atoms with Crippen LogP contribution in [0.15, 0.2) is 72.8 Å². The third-order valence-corrected chi connectivity index (χ3v) is 6.05. The molecule has 3 aromatic carbocycles. The fraction of sp³-hybridized carbons (Fsp3) is 0.259. The summed E-state index contributed by atoms with van der Waals surface area (Å²) in [6.07, 6.45) is 0.373. The van der Waals surface area contributed by atoms with Gasteiger partial charge in [0.05, 0.1) is 16.5 Å². The Labute approximate surface area is 209 Å². The van der Waals surface area contributed by atoms with E-state index in [1.54, 1.807) is 35.2 Å². The molecule has 0 aromatic heterocycles. The minimum absolute atomic E-state index is 0.0296. The Morgan fingerprint density at radius 1 is 0.882 bits per heavy atom. The van der Waals surface area contributed by atoms with Crippen LogP contribution in [0.5, 0.6) is 0 Å². The molecule has 0 radical (unpaired) electrons. The van der Waals surface area contributed by atoms with Gasteiger partial charge in [0.2, 0.25) is 11.8 Å². The average Bonchev–Trinajstić information content (AvgIpc) is 2.80. The Bertz CT molecular complexity index is 1120. The molecule has 0 saturated carbocycles. The Morgan fingerprint density at radius 2 is 1.53 bits per heavy atom. The predicted octanol–water partition coefficient (Wildman–Crippen LogP) is 5.84. The number of rotatable bonds is 9. The first-order chi connectivity index (χ1) is 16.2. The van der Waals surface area contributed by atoms with Crippen LogP contribution in [0.3, 0.4) is 0 Å². The molecule has 0 aliphatic heterocycles. The lowest BCUT2D eigenvalue weighted by Crippen LogP contribution is -2.52. The van der Waals surface area contributed by atoms with E-state index in [1.807, 2.05) is 44.2 Å². The first-order valence-electron chi connectivity index (χ1n) is 11.0. The van der Waals surface area contributed by atoms with Crippen LogP contribution in [0.25, 0.3) is 0 Å². The standard InChI is InChI=1S/C27H27Cl2FN2O2/c1-18(2)31-27(34)25(15-19-6-4-3-5-7-19)32(17-21-10-13-23(28)24(29)14-21)26(33)16-20-8-11-22(30)12-9-20/h3-14,18,25H,15-17H2,1-2H3,(H,31,34)/t25-/m0/s1. The van der Waals surface area contributed by atoms with E-state index in [9.17, 15) is 14.0 Å². The van der Waals surface area contributed by atoms with Gasteiger partial charge in [0.15, 0.2) is 0 Å². The number of nitrogens with zero attached hydrogens (tertiary/aromatic N) is 1. The SMILES string of the molecule is CC(C)NC(=O)[C@H](Cc1ccccc1)N(Cc1ccc(Cl)c(Cl)c1)C(=O)Cc1ccc(F)cc1. The normalized spacial score (nSPS) is 11.8. The predicted molar refractivity (Wildman–Crippen MR) is 134 cm³/mol. The number of amides is 2. The zero-order chi connectivity index (χ0) is 24.7. The van der Waals surface area contributed by atoms with E-state index in [4.69, 9.17) is 23.2 Å². The highest BCUT2D eigenvalue weighted by atomic mass is 35.5. The minimum Gasteiger partial charge on any atom is -0.352 e. The van der Waals surface area contributed by atoms with Crippen molar-refractivity contribution in [1.29, 1.82) is 0 Å². The first kappa shape index (κ1) is 25.7. The Hall–Kier alpha value is -2.89. The molecule has 1 atom stereocenters. The summed E-state index contributed by atoms with van der Waals surface area (Å²) in [4.78, 5) is 28.4. The molecule has 34 heavy (non-hydrogen) atoms. The number of hydrogen-bond donors (Lipinski definition) is 1. The number of nitrogens with one attached hydrogen (secondary N) is 1. The molecule has 0 unspecified atom stereocenters. The summed E-state index contributed by atoms with van der Waals surface area (Å²) in [6.45, 7) is 3.92. The number of carbonyl (C=O) groups is 2. The number of benzene rings is 3. The Balaban J connectivity index is 1.98. The summed E-state index contributed by atoms with van der Waals surface area (Å²) >= 11 is 12.3. The van der Waals surface area contributed by atoms with Crippen LogP contribution >= 0.6 is 23.2 Å². The number of halogens is 3. The van der Waals surface area contributed by atoms with Crippen molar-refractivity contribution in [3.05, 3.63) is 105 Å². The van der Waals surface area contributed by atoms with E-state index >= 15 is 0 Å². The van der Waals surface area contributed by atoms with Crippen molar-refractivity contribution in [1.82, 2.24) is 10.2 Å². The van der Waals surface area contributed by atoms with Crippen LogP contribution in [0.2, 0.25) is 10.0 Å². The second kappa shape index (κ2) is 12.0. The maximum absolute atomic E-state index is 13.6. The molecule has 178 valence electrons. The van der Waals surface area contributed by atoms with Crippen molar-refractivity contribution < 1.29 is 14.0 Å². The molecule has 0 aliphatic carbocycles. The molecule has 0 bridgehead atoms. The van der Waals surface area contributed by atoms with Gasteiger partial charge in [-0.2, -0.15) is 0 Å². The van der Waals surface area contributed by atoms with Gasteiger partial charge in [-0.25, -0.2) is 4.39 Å². The van der Waals surface area contributed by atoms with Crippen LogP contribution in [0.1, 0.15) is 30.5 Å². The highest BCUT2D eigenvalue weighted by molar-refractivity contribution is 6.42. The van der Waals surface area contributed by atoms with Gasteiger partial charge in [0, 0.05) is 19.0 Å². The molecule has 0 aliphatic rings. The largest absolute Gasteiger partial charge is 0.352 e. The van der Waals surface area contributed by atoms with Crippen molar-refractivity contribution in [3.63, 3.8) is 0 Å². The van der Waals surface area contributed by atoms with E-state index in [0.29, 0.717) is 22.0 Å².